The molecule has 8 nitrogen and oxygen atoms in total. The number of carbonyl (C=O) groups excluding carboxylic acids is 2. The third-order valence-corrected chi connectivity index (χ3v) is 5.76. The van der Waals surface area contributed by atoms with Crippen LogP contribution < -0.4 is 14.4 Å². The van der Waals surface area contributed by atoms with Gasteiger partial charge in [0.25, 0.3) is 0 Å². The largest absolute Gasteiger partial charge is 0.497 e. The van der Waals surface area contributed by atoms with Crippen LogP contribution in [0.4, 0.5) is 11.4 Å². The molecular weight excluding hydrogens is 444 g/mol. The van der Waals surface area contributed by atoms with Crippen LogP contribution >= 0.6 is 11.6 Å². The van der Waals surface area contributed by atoms with Crippen LogP contribution in [0.5, 0.6) is 5.75 Å². The van der Waals surface area contributed by atoms with Gasteiger partial charge in [-0.05, 0) is 43.7 Å². The predicted molar refractivity (Wildman–Crippen MR) is 120 cm³/mol. The first kappa shape index (κ1) is 24.5. The normalized spacial score (nSPS) is 11.0. The second-order valence-corrected chi connectivity index (χ2v) is 8.92. The number of sulfonamides is 1. The van der Waals surface area contributed by atoms with Crippen molar-refractivity contribution >= 4 is 44.9 Å². The molecule has 0 saturated heterocycles. The number of ether oxygens (including phenoxy) is 2. The number of hydrogen-bond acceptors (Lipinski definition) is 6. The minimum absolute atomic E-state index is 0.0905. The summed E-state index contributed by atoms with van der Waals surface area (Å²) >= 11 is 6.10. The monoisotopic (exact) mass is 468 g/mol. The third-order valence-electron chi connectivity index (χ3n) is 4.25. The summed E-state index contributed by atoms with van der Waals surface area (Å²) in [5, 5.41) is 2.85. The van der Waals surface area contributed by atoms with Crippen molar-refractivity contribution in [2.24, 2.45) is 0 Å². The summed E-state index contributed by atoms with van der Waals surface area (Å²) in [5.74, 6) is -0.310. The van der Waals surface area contributed by atoms with Crippen LogP contribution in [0.15, 0.2) is 42.5 Å². The lowest BCUT2D eigenvalue weighted by Crippen LogP contribution is -2.31. The maximum Gasteiger partial charge on any atom is 0.339 e. The second kappa shape index (κ2) is 11.0. The Bertz CT molecular complexity index is 1040. The summed E-state index contributed by atoms with van der Waals surface area (Å²) in [6.45, 7) is 2.05. The van der Waals surface area contributed by atoms with Crippen molar-refractivity contribution in [1.29, 1.82) is 0 Å². The summed E-state index contributed by atoms with van der Waals surface area (Å²) in [6.07, 6.45) is 1.50. The molecule has 2 aromatic rings. The Morgan fingerprint density at radius 3 is 2.52 bits per heavy atom. The summed E-state index contributed by atoms with van der Waals surface area (Å²) in [4.78, 5) is 24.1. The molecule has 31 heavy (non-hydrogen) atoms. The molecule has 168 valence electrons. The van der Waals surface area contributed by atoms with Gasteiger partial charge >= 0.3 is 5.97 Å². The van der Waals surface area contributed by atoms with Gasteiger partial charge in [0.15, 0.2) is 0 Å². The minimum Gasteiger partial charge on any atom is -0.497 e. The lowest BCUT2D eigenvalue weighted by atomic mass is 10.2. The first-order valence-corrected chi connectivity index (χ1v) is 11.8. The first-order valence-electron chi connectivity index (χ1n) is 9.54. The van der Waals surface area contributed by atoms with E-state index in [9.17, 15) is 18.0 Å². The van der Waals surface area contributed by atoms with Crippen LogP contribution in [0.1, 0.15) is 30.1 Å². The highest BCUT2D eigenvalue weighted by Crippen LogP contribution is 2.24. The molecule has 0 fully saturated rings. The van der Waals surface area contributed by atoms with Crippen LogP contribution in [0.3, 0.4) is 0 Å². The molecule has 10 heteroatoms. The van der Waals surface area contributed by atoms with Gasteiger partial charge in [-0.3, -0.25) is 9.10 Å². The van der Waals surface area contributed by atoms with E-state index in [1.165, 1.54) is 23.5 Å². The standard InChI is InChI=1S/C21H25ClN2O6S/c1-4-30-21(26)18-11-10-15(13-19(18)22)23-20(25)9-6-12-24(31(3,27)28)16-7-5-8-17(14-16)29-2/h5,7-8,10-11,13-14H,4,6,9,12H2,1-3H3,(H,23,25). The van der Waals surface area contributed by atoms with E-state index < -0.39 is 16.0 Å². The van der Waals surface area contributed by atoms with E-state index in [0.29, 0.717) is 23.5 Å². The SMILES string of the molecule is CCOC(=O)c1ccc(NC(=O)CCCN(c2cccc(OC)c2)S(C)(=O)=O)cc1Cl. The van der Waals surface area contributed by atoms with Gasteiger partial charge in [0, 0.05) is 24.7 Å². The van der Waals surface area contributed by atoms with E-state index in [0.717, 1.165) is 6.26 Å². The molecule has 0 aromatic heterocycles. The molecule has 0 unspecified atom stereocenters. The van der Waals surface area contributed by atoms with E-state index >= 15 is 0 Å². The van der Waals surface area contributed by atoms with Crippen molar-refractivity contribution in [3.05, 3.63) is 53.1 Å². The quantitative estimate of drug-likeness (QED) is 0.533. The maximum absolute atomic E-state index is 12.3. The Hall–Kier alpha value is -2.78. The van der Waals surface area contributed by atoms with Crippen LogP contribution in [-0.4, -0.2) is 46.8 Å². The van der Waals surface area contributed by atoms with Crippen LogP contribution in [-0.2, 0) is 19.6 Å². The Balaban J connectivity index is 1.98. The van der Waals surface area contributed by atoms with Crippen LogP contribution in [0.25, 0.3) is 0 Å². The summed E-state index contributed by atoms with van der Waals surface area (Å²) < 4.78 is 35.7. The number of nitrogens with zero attached hydrogens (tertiary/aromatic N) is 1. The molecule has 2 rings (SSSR count). The smallest absolute Gasteiger partial charge is 0.339 e. The van der Waals surface area contributed by atoms with Gasteiger partial charge in [-0.15, -0.1) is 0 Å². The molecule has 0 spiro atoms. The minimum atomic E-state index is -3.54. The first-order chi connectivity index (χ1) is 14.7. The molecule has 0 heterocycles. The molecule has 0 atom stereocenters. The van der Waals surface area contributed by atoms with Gasteiger partial charge in [0.05, 0.1) is 36.2 Å². The maximum atomic E-state index is 12.3. The predicted octanol–water partition coefficient (Wildman–Crippen LogP) is 3.71. The molecule has 1 N–H and O–H groups in total. The number of amides is 1. The Kier molecular flexibility index (Phi) is 8.70. The summed E-state index contributed by atoms with van der Waals surface area (Å²) in [7, 11) is -2.04. The molecule has 2 aromatic carbocycles. The molecular formula is C21H25ClN2O6S. The average Bonchev–Trinajstić information content (AvgIpc) is 2.70. The zero-order valence-corrected chi connectivity index (χ0v) is 19.1. The number of anilines is 2. The third kappa shape index (κ3) is 7.15. The highest BCUT2D eigenvalue weighted by Gasteiger charge is 2.18. The second-order valence-electron chi connectivity index (χ2n) is 6.60. The van der Waals surface area contributed by atoms with E-state index in [-0.39, 0.29) is 36.1 Å². The lowest BCUT2D eigenvalue weighted by Gasteiger charge is -2.22. The van der Waals surface area contributed by atoms with E-state index in [1.807, 2.05) is 0 Å². The Labute approximate surface area is 187 Å². The fraction of sp³-hybridized carbons (Fsp3) is 0.333. The topological polar surface area (TPSA) is 102 Å². The van der Waals surface area contributed by atoms with Crippen molar-refractivity contribution in [2.75, 3.05) is 36.1 Å². The molecule has 0 bridgehead atoms. The number of halogens is 1. The lowest BCUT2D eigenvalue weighted by molar-refractivity contribution is -0.116. The average molecular weight is 469 g/mol. The number of rotatable bonds is 10. The molecule has 0 radical (unpaired) electrons. The Morgan fingerprint density at radius 2 is 1.90 bits per heavy atom. The molecule has 0 aliphatic rings. The zero-order chi connectivity index (χ0) is 23.0. The number of benzene rings is 2. The zero-order valence-electron chi connectivity index (χ0n) is 17.6. The van der Waals surface area contributed by atoms with Gasteiger partial charge in [-0.2, -0.15) is 0 Å². The van der Waals surface area contributed by atoms with Crippen molar-refractivity contribution in [2.45, 2.75) is 19.8 Å². The van der Waals surface area contributed by atoms with Gasteiger partial charge in [0.1, 0.15) is 5.75 Å². The number of methoxy groups -OCH3 is 1. The van der Waals surface area contributed by atoms with Crippen molar-refractivity contribution in [1.82, 2.24) is 0 Å². The van der Waals surface area contributed by atoms with Crippen molar-refractivity contribution in [3.63, 3.8) is 0 Å². The highest BCUT2D eigenvalue weighted by atomic mass is 35.5. The van der Waals surface area contributed by atoms with Gasteiger partial charge in [0.2, 0.25) is 15.9 Å². The fourth-order valence-electron chi connectivity index (χ4n) is 2.83. The van der Waals surface area contributed by atoms with Crippen LogP contribution in [0, 0.1) is 0 Å². The molecule has 1 amide bonds. The van der Waals surface area contributed by atoms with Crippen molar-refractivity contribution in [3.8, 4) is 5.75 Å². The number of nitrogens with one attached hydrogen (secondary N) is 1. The summed E-state index contributed by atoms with van der Waals surface area (Å²) in [5.41, 5.74) is 1.10. The highest BCUT2D eigenvalue weighted by molar-refractivity contribution is 7.92. The Morgan fingerprint density at radius 1 is 1.16 bits per heavy atom. The van der Waals surface area contributed by atoms with E-state index in [4.69, 9.17) is 21.1 Å². The number of hydrogen-bond donors (Lipinski definition) is 1. The van der Waals surface area contributed by atoms with Crippen LogP contribution in [0.2, 0.25) is 5.02 Å². The molecule has 0 aliphatic heterocycles. The van der Waals surface area contributed by atoms with E-state index in [1.54, 1.807) is 37.3 Å². The van der Waals surface area contributed by atoms with Gasteiger partial charge < -0.3 is 14.8 Å². The van der Waals surface area contributed by atoms with Gasteiger partial charge in [-0.1, -0.05) is 17.7 Å². The molecule has 0 saturated carbocycles. The van der Waals surface area contributed by atoms with Crippen molar-refractivity contribution < 1.29 is 27.5 Å². The number of carbonyl (C=O) groups is 2. The fourth-order valence-corrected chi connectivity index (χ4v) is 4.04. The summed E-state index contributed by atoms with van der Waals surface area (Å²) in [6, 6.07) is 11.2. The molecule has 0 aliphatic carbocycles. The van der Waals surface area contributed by atoms with E-state index in [2.05, 4.69) is 5.32 Å². The number of esters is 1. The van der Waals surface area contributed by atoms with Gasteiger partial charge in [-0.25, -0.2) is 13.2 Å².